The maximum Gasteiger partial charge on any atom is 0.350 e. The SMILES string of the molecule is COC(=O)c1sccc1NC(=O)c1ccc(C(=O)Nc2ccsc2C(=O)OC)cc1. The minimum atomic E-state index is -0.535. The zero-order valence-corrected chi connectivity index (χ0v) is 17.5. The van der Waals surface area contributed by atoms with Crippen LogP contribution < -0.4 is 10.6 Å². The lowest BCUT2D eigenvalue weighted by Gasteiger charge is -2.08. The van der Waals surface area contributed by atoms with E-state index in [1.54, 1.807) is 22.9 Å². The first kappa shape index (κ1) is 21.2. The summed E-state index contributed by atoms with van der Waals surface area (Å²) in [5.41, 5.74) is 1.32. The van der Waals surface area contributed by atoms with Crippen LogP contribution in [0.25, 0.3) is 0 Å². The number of anilines is 2. The lowest BCUT2D eigenvalue weighted by Crippen LogP contribution is -2.16. The molecule has 0 radical (unpaired) electrons. The molecule has 0 fully saturated rings. The molecular weight excluding hydrogens is 428 g/mol. The van der Waals surface area contributed by atoms with Crippen molar-refractivity contribution in [3.8, 4) is 0 Å². The molecule has 2 amide bonds. The first-order valence-corrected chi connectivity index (χ1v) is 10.2. The highest BCUT2D eigenvalue weighted by atomic mass is 32.1. The van der Waals surface area contributed by atoms with Gasteiger partial charge in [0.15, 0.2) is 0 Å². The van der Waals surface area contributed by atoms with Crippen molar-refractivity contribution >= 4 is 57.8 Å². The van der Waals surface area contributed by atoms with Crippen molar-refractivity contribution in [3.63, 3.8) is 0 Å². The Balaban J connectivity index is 1.69. The number of rotatable bonds is 6. The van der Waals surface area contributed by atoms with E-state index in [1.165, 1.54) is 38.5 Å². The van der Waals surface area contributed by atoms with Gasteiger partial charge in [-0.3, -0.25) is 9.59 Å². The van der Waals surface area contributed by atoms with Crippen LogP contribution in [0.4, 0.5) is 11.4 Å². The van der Waals surface area contributed by atoms with Gasteiger partial charge in [-0.1, -0.05) is 0 Å². The Kier molecular flexibility index (Phi) is 6.60. The Labute approximate surface area is 179 Å². The molecule has 2 heterocycles. The van der Waals surface area contributed by atoms with Crippen molar-refractivity contribution in [3.05, 3.63) is 68.0 Å². The number of carbonyl (C=O) groups excluding carboxylic acids is 4. The van der Waals surface area contributed by atoms with Crippen LogP contribution in [-0.2, 0) is 9.47 Å². The predicted molar refractivity (Wildman–Crippen MR) is 114 cm³/mol. The van der Waals surface area contributed by atoms with Gasteiger partial charge in [0.1, 0.15) is 9.75 Å². The number of esters is 2. The number of thiophene rings is 2. The van der Waals surface area contributed by atoms with Gasteiger partial charge in [0.25, 0.3) is 11.8 Å². The highest BCUT2D eigenvalue weighted by Crippen LogP contribution is 2.25. The first-order valence-electron chi connectivity index (χ1n) is 8.49. The number of ether oxygens (including phenoxy) is 2. The maximum absolute atomic E-state index is 12.5. The van der Waals surface area contributed by atoms with Gasteiger partial charge in [-0.05, 0) is 47.2 Å². The molecule has 0 bridgehead atoms. The fraction of sp³-hybridized carbons (Fsp3) is 0.100. The summed E-state index contributed by atoms with van der Waals surface area (Å²) < 4.78 is 9.37. The molecule has 0 saturated heterocycles. The summed E-state index contributed by atoms with van der Waals surface area (Å²) in [6.07, 6.45) is 0. The lowest BCUT2D eigenvalue weighted by atomic mass is 10.1. The van der Waals surface area contributed by atoms with E-state index < -0.39 is 23.8 Å². The number of benzene rings is 1. The highest BCUT2D eigenvalue weighted by Gasteiger charge is 2.18. The van der Waals surface area contributed by atoms with Crippen LogP contribution in [0.1, 0.15) is 40.1 Å². The van der Waals surface area contributed by atoms with Crippen molar-refractivity contribution in [2.75, 3.05) is 24.9 Å². The highest BCUT2D eigenvalue weighted by molar-refractivity contribution is 7.13. The van der Waals surface area contributed by atoms with Gasteiger partial charge >= 0.3 is 11.9 Å². The summed E-state index contributed by atoms with van der Waals surface area (Å²) in [5.74, 6) is -1.94. The van der Waals surface area contributed by atoms with Crippen LogP contribution in [0.3, 0.4) is 0 Å². The molecule has 1 aromatic carbocycles. The topological polar surface area (TPSA) is 111 Å². The Bertz CT molecular complexity index is 1010. The molecule has 2 N–H and O–H groups in total. The second kappa shape index (κ2) is 9.33. The molecule has 3 aromatic rings. The molecule has 0 aliphatic heterocycles. The average molecular weight is 444 g/mol. The van der Waals surface area contributed by atoms with Crippen molar-refractivity contribution in [1.82, 2.24) is 0 Å². The van der Waals surface area contributed by atoms with E-state index in [2.05, 4.69) is 20.1 Å². The van der Waals surface area contributed by atoms with Gasteiger partial charge < -0.3 is 20.1 Å². The quantitative estimate of drug-likeness (QED) is 0.558. The van der Waals surface area contributed by atoms with Crippen LogP contribution in [0.2, 0.25) is 0 Å². The second-order valence-electron chi connectivity index (χ2n) is 5.80. The van der Waals surface area contributed by atoms with E-state index in [4.69, 9.17) is 0 Å². The Hall–Kier alpha value is -3.50. The summed E-state index contributed by atoms with van der Waals surface area (Å²) in [6.45, 7) is 0. The van der Waals surface area contributed by atoms with Gasteiger partial charge in [-0.15, -0.1) is 22.7 Å². The maximum atomic E-state index is 12.5. The largest absolute Gasteiger partial charge is 0.465 e. The molecule has 0 saturated carbocycles. The van der Waals surface area contributed by atoms with E-state index in [-0.39, 0.29) is 0 Å². The number of amides is 2. The fourth-order valence-electron chi connectivity index (χ4n) is 2.48. The molecule has 154 valence electrons. The first-order chi connectivity index (χ1) is 14.4. The van der Waals surface area contributed by atoms with Crippen LogP contribution >= 0.6 is 22.7 Å². The fourth-order valence-corrected chi connectivity index (χ4v) is 4.01. The van der Waals surface area contributed by atoms with Crippen molar-refractivity contribution in [1.29, 1.82) is 0 Å². The van der Waals surface area contributed by atoms with Gasteiger partial charge in [0.2, 0.25) is 0 Å². The zero-order valence-electron chi connectivity index (χ0n) is 15.9. The van der Waals surface area contributed by atoms with E-state index in [0.29, 0.717) is 32.3 Å². The third-order valence-corrected chi connectivity index (χ3v) is 5.77. The smallest absolute Gasteiger partial charge is 0.350 e. The van der Waals surface area contributed by atoms with Crippen LogP contribution in [0, 0.1) is 0 Å². The molecule has 0 unspecified atom stereocenters. The zero-order chi connectivity index (χ0) is 21.7. The predicted octanol–water partition coefficient (Wildman–Crippen LogP) is 3.89. The molecule has 10 heteroatoms. The van der Waals surface area contributed by atoms with Crippen LogP contribution in [0.5, 0.6) is 0 Å². The van der Waals surface area contributed by atoms with Crippen LogP contribution in [0.15, 0.2) is 47.2 Å². The molecule has 30 heavy (non-hydrogen) atoms. The molecule has 2 aromatic heterocycles. The van der Waals surface area contributed by atoms with E-state index in [0.717, 1.165) is 22.7 Å². The standard InChI is InChI=1S/C20H16N2O6S2/c1-27-19(25)15-13(7-9-29-15)21-17(23)11-3-5-12(6-4-11)18(24)22-14-8-10-30-16(14)20(26)28-2/h3-10H,1-2H3,(H,21,23)(H,22,24). The number of methoxy groups -OCH3 is 2. The summed E-state index contributed by atoms with van der Waals surface area (Å²) in [5, 5.41) is 8.65. The van der Waals surface area contributed by atoms with E-state index in [9.17, 15) is 19.2 Å². The van der Waals surface area contributed by atoms with Gasteiger partial charge in [0, 0.05) is 11.1 Å². The molecule has 0 spiro atoms. The third kappa shape index (κ3) is 4.56. The minimum absolute atomic E-state index is 0.291. The van der Waals surface area contributed by atoms with E-state index >= 15 is 0 Å². The number of hydrogen-bond acceptors (Lipinski definition) is 8. The van der Waals surface area contributed by atoms with Gasteiger partial charge in [0.05, 0.1) is 25.6 Å². The van der Waals surface area contributed by atoms with Crippen molar-refractivity contribution < 1.29 is 28.7 Å². The molecule has 0 aliphatic rings. The Morgan fingerprint density at radius 2 is 1.03 bits per heavy atom. The number of carbonyl (C=O) groups is 4. The van der Waals surface area contributed by atoms with Crippen LogP contribution in [-0.4, -0.2) is 38.0 Å². The Morgan fingerprint density at radius 1 is 0.667 bits per heavy atom. The molecule has 8 nitrogen and oxygen atoms in total. The number of hydrogen-bond donors (Lipinski definition) is 2. The second-order valence-corrected chi connectivity index (χ2v) is 7.63. The molecular formula is C20H16N2O6S2. The number of nitrogens with one attached hydrogen (secondary N) is 2. The third-order valence-electron chi connectivity index (χ3n) is 3.98. The molecule has 3 rings (SSSR count). The Morgan fingerprint density at radius 3 is 1.37 bits per heavy atom. The summed E-state index contributed by atoms with van der Waals surface area (Å²) in [6, 6.07) is 9.17. The van der Waals surface area contributed by atoms with Crippen molar-refractivity contribution in [2.45, 2.75) is 0 Å². The minimum Gasteiger partial charge on any atom is -0.465 e. The van der Waals surface area contributed by atoms with Gasteiger partial charge in [-0.25, -0.2) is 9.59 Å². The summed E-state index contributed by atoms with van der Waals surface area (Å²) in [7, 11) is 2.53. The lowest BCUT2D eigenvalue weighted by molar-refractivity contribution is 0.0598. The average Bonchev–Trinajstić information content (AvgIpc) is 3.42. The summed E-state index contributed by atoms with van der Waals surface area (Å²) >= 11 is 2.32. The normalized spacial score (nSPS) is 10.2. The molecule has 0 aliphatic carbocycles. The van der Waals surface area contributed by atoms with E-state index in [1.807, 2.05) is 0 Å². The van der Waals surface area contributed by atoms with Gasteiger partial charge in [-0.2, -0.15) is 0 Å². The monoisotopic (exact) mass is 444 g/mol. The summed E-state index contributed by atoms with van der Waals surface area (Å²) in [4.78, 5) is 48.9. The van der Waals surface area contributed by atoms with Crippen molar-refractivity contribution in [2.24, 2.45) is 0 Å². The molecule has 0 atom stereocenters.